The van der Waals surface area contributed by atoms with Gasteiger partial charge in [0.15, 0.2) is 11.9 Å². The third-order valence-corrected chi connectivity index (χ3v) is 8.45. The van der Waals surface area contributed by atoms with Crippen molar-refractivity contribution in [2.45, 2.75) is 90.0 Å². The summed E-state index contributed by atoms with van der Waals surface area (Å²) in [6.45, 7) is 8.94. The van der Waals surface area contributed by atoms with Crippen molar-refractivity contribution in [2.24, 2.45) is 23.7 Å². The van der Waals surface area contributed by atoms with Crippen LogP contribution in [-0.2, 0) is 24.0 Å². The molecular weight excluding hydrogens is 408 g/mol. The Balaban J connectivity index is 1.23. The topological polar surface area (TPSA) is 63.2 Å². The maximum Gasteiger partial charge on any atom is 0.338 e. The van der Waals surface area contributed by atoms with Crippen LogP contribution in [0.1, 0.15) is 75.2 Å². The van der Waals surface area contributed by atoms with Crippen molar-refractivity contribution in [3.63, 3.8) is 0 Å². The van der Waals surface area contributed by atoms with Crippen LogP contribution in [0.2, 0.25) is 0 Å². The van der Waals surface area contributed by atoms with Crippen molar-refractivity contribution in [3.8, 4) is 0 Å². The molecule has 8 atom stereocenters. The number of hydrogen-bond acceptors (Lipinski definition) is 6. The normalized spacial score (nSPS) is 42.8. The van der Waals surface area contributed by atoms with Gasteiger partial charge in [-0.3, -0.25) is 0 Å². The van der Waals surface area contributed by atoms with E-state index in [9.17, 15) is 4.79 Å². The second-order valence-electron chi connectivity index (χ2n) is 10.6. The number of esters is 1. The summed E-state index contributed by atoms with van der Waals surface area (Å²) in [4.78, 5) is 24.4. The lowest BCUT2D eigenvalue weighted by Gasteiger charge is -2.60. The average Bonchev–Trinajstić information content (AvgIpc) is 3.00. The van der Waals surface area contributed by atoms with Crippen LogP contribution in [-0.4, -0.2) is 36.4 Å². The zero-order valence-electron chi connectivity index (χ0n) is 19.7. The Bertz CT molecular complexity index is 839. The highest BCUT2D eigenvalue weighted by molar-refractivity contribution is 5.89. The summed E-state index contributed by atoms with van der Waals surface area (Å²) in [5, 5.41) is 0. The molecule has 5 fully saturated rings. The van der Waals surface area contributed by atoms with Crippen LogP contribution in [0.3, 0.4) is 0 Å². The van der Waals surface area contributed by atoms with Gasteiger partial charge in [0, 0.05) is 12.3 Å². The van der Waals surface area contributed by atoms with Crippen LogP contribution >= 0.6 is 0 Å². The first-order chi connectivity index (χ1) is 15.3. The van der Waals surface area contributed by atoms with E-state index in [-0.39, 0.29) is 12.1 Å². The lowest BCUT2D eigenvalue weighted by atomic mass is 9.57. The first-order valence-electron chi connectivity index (χ1n) is 12.3. The zero-order valence-corrected chi connectivity index (χ0v) is 19.7. The highest BCUT2D eigenvalue weighted by atomic mass is 17.3. The van der Waals surface area contributed by atoms with Crippen molar-refractivity contribution in [3.05, 3.63) is 35.4 Å². The van der Waals surface area contributed by atoms with Gasteiger partial charge in [-0.25, -0.2) is 14.6 Å². The monoisotopic (exact) mass is 444 g/mol. The fourth-order valence-corrected chi connectivity index (χ4v) is 6.53. The van der Waals surface area contributed by atoms with E-state index in [1.165, 1.54) is 6.42 Å². The van der Waals surface area contributed by atoms with E-state index in [0.29, 0.717) is 35.8 Å². The molecule has 6 rings (SSSR count). The molecule has 0 N–H and O–H groups in total. The van der Waals surface area contributed by atoms with Crippen LogP contribution in [0.4, 0.5) is 0 Å². The molecule has 4 aliphatic heterocycles. The minimum absolute atomic E-state index is 0.0503. The second kappa shape index (κ2) is 8.39. The van der Waals surface area contributed by atoms with Gasteiger partial charge < -0.3 is 14.2 Å². The lowest BCUT2D eigenvalue weighted by molar-refractivity contribution is -0.571. The van der Waals surface area contributed by atoms with Crippen molar-refractivity contribution < 1.29 is 28.8 Å². The molecule has 0 amide bonds. The van der Waals surface area contributed by atoms with Gasteiger partial charge in [0.2, 0.25) is 5.79 Å². The predicted octanol–water partition coefficient (Wildman–Crippen LogP) is 5.18. The van der Waals surface area contributed by atoms with E-state index in [4.69, 9.17) is 24.0 Å². The smallest absolute Gasteiger partial charge is 0.338 e. The summed E-state index contributed by atoms with van der Waals surface area (Å²) in [5.74, 6) is 0.596. The highest BCUT2D eigenvalue weighted by Gasteiger charge is 2.69. The Morgan fingerprint density at radius 2 is 1.88 bits per heavy atom. The van der Waals surface area contributed by atoms with E-state index >= 15 is 0 Å². The number of carbonyl (C=O) groups is 1. The van der Waals surface area contributed by atoms with Crippen LogP contribution in [0.25, 0.3) is 0 Å². The first kappa shape index (κ1) is 22.3. The first-order valence-corrected chi connectivity index (χ1v) is 12.3. The minimum atomic E-state index is -0.744. The minimum Gasteiger partial charge on any atom is -0.462 e. The predicted molar refractivity (Wildman–Crippen MR) is 118 cm³/mol. The van der Waals surface area contributed by atoms with Gasteiger partial charge in [-0.2, -0.15) is 0 Å². The number of rotatable bonds is 5. The van der Waals surface area contributed by atoms with Crippen LogP contribution in [0.15, 0.2) is 24.3 Å². The van der Waals surface area contributed by atoms with E-state index < -0.39 is 17.7 Å². The SMILES string of the molecule is Cc1ccc(C(=O)OCCC[C@H]2OC3O[C@@]4(C)CC[C@H]5[C@H](C)CC[C@@H]([C@H]2C)[C@@]35OO4)cc1. The largest absolute Gasteiger partial charge is 0.462 e. The van der Waals surface area contributed by atoms with Gasteiger partial charge in [0.1, 0.15) is 0 Å². The van der Waals surface area contributed by atoms with Gasteiger partial charge in [-0.05, 0) is 75.8 Å². The van der Waals surface area contributed by atoms with Gasteiger partial charge >= 0.3 is 5.97 Å². The van der Waals surface area contributed by atoms with E-state index in [1.807, 2.05) is 38.1 Å². The number of ether oxygens (including phenoxy) is 3. The molecule has 1 aromatic rings. The summed E-state index contributed by atoms with van der Waals surface area (Å²) >= 11 is 0. The summed E-state index contributed by atoms with van der Waals surface area (Å²) in [5.41, 5.74) is 1.21. The summed E-state index contributed by atoms with van der Waals surface area (Å²) in [7, 11) is 0. The maximum absolute atomic E-state index is 12.3. The van der Waals surface area contributed by atoms with Crippen molar-refractivity contribution in [1.82, 2.24) is 0 Å². The molecule has 4 saturated heterocycles. The quantitative estimate of drug-likeness (QED) is 0.354. The standard InChI is InChI=1S/C26H36O6/c1-16-7-10-19(11-8-16)23(27)28-15-5-6-22-18(3)21-12-9-17(2)20-13-14-25(4)30-24(29-22)26(20,21)32-31-25/h7-8,10-11,17-18,20-22,24H,5-6,9,12-15H2,1-4H3/t17-,18-,20+,21+,22-,24?,25-,26-/m1/s1. The summed E-state index contributed by atoms with van der Waals surface area (Å²) in [6.07, 6.45) is 5.40. The van der Waals surface area contributed by atoms with Crippen LogP contribution < -0.4 is 0 Å². The zero-order chi connectivity index (χ0) is 22.5. The third kappa shape index (κ3) is 3.69. The summed E-state index contributed by atoms with van der Waals surface area (Å²) in [6, 6.07) is 7.47. The molecule has 6 nitrogen and oxygen atoms in total. The molecule has 176 valence electrons. The number of carbonyl (C=O) groups excluding carboxylic acids is 1. The van der Waals surface area contributed by atoms with Gasteiger partial charge in [0.05, 0.1) is 18.3 Å². The van der Waals surface area contributed by atoms with Crippen molar-refractivity contribution in [1.29, 1.82) is 0 Å². The number of hydrogen-bond donors (Lipinski definition) is 0. The van der Waals surface area contributed by atoms with Crippen molar-refractivity contribution in [2.75, 3.05) is 6.61 Å². The van der Waals surface area contributed by atoms with Crippen LogP contribution in [0.5, 0.6) is 0 Å². The fourth-order valence-electron chi connectivity index (χ4n) is 6.53. The Morgan fingerprint density at radius 3 is 2.66 bits per heavy atom. The van der Waals surface area contributed by atoms with E-state index in [2.05, 4.69) is 13.8 Å². The molecule has 4 heterocycles. The Labute approximate surface area is 190 Å². The second-order valence-corrected chi connectivity index (χ2v) is 10.6. The molecule has 6 heteroatoms. The molecule has 5 aliphatic rings. The van der Waals surface area contributed by atoms with E-state index in [1.54, 1.807) is 0 Å². The molecule has 1 aliphatic carbocycles. The fraction of sp³-hybridized carbons (Fsp3) is 0.731. The van der Waals surface area contributed by atoms with Gasteiger partial charge in [-0.1, -0.05) is 31.5 Å². The number of benzene rings is 1. The molecule has 32 heavy (non-hydrogen) atoms. The molecule has 0 radical (unpaired) electrons. The van der Waals surface area contributed by atoms with E-state index in [0.717, 1.165) is 37.7 Å². The summed E-state index contributed by atoms with van der Waals surface area (Å²) < 4.78 is 18.5. The molecule has 1 saturated carbocycles. The lowest BCUT2D eigenvalue weighted by Crippen LogP contribution is -2.70. The maximum atomic E-state index is 12.3. The van der Waals surface area contributed by atoms with Crippen LogP contribution in [0, 0.1) is 30.6 Å². The van der Waals surface area contributed by atoms with Crippen molar-refractivity contribution >= 4 is 5.97 Å². The molecule has 1 unspecified atom stereocenters. The Hall–Kier alpha value is -1.47. The van der Waals surface area contributed by atoms with Gasteiger partial charge in [0.25, 0.3) is 0 Å². The molecular formula is C26H36O6. The average molecular weight is 445 g/mol. The Morgan fingerprint density at radius 1 is 1.09 bits per heavy atom. The Kier molecular flexibility index (Phi) is 5.85. The molecule has 1 aromatic carbocycles. The molecule has 0 aromatic heterocycles. The third-order valence-electron chi connectivity index (χ3n) is 8.45. The molecule has 2 bridgehead atoms. The highest BCUT2D eigenvalue weighted by Crippen LogP contribution is 2.60. The number of fused-ring (bicyclic) bond motifs is 2. The molecule has 1 spiro atoms. The number of aryl methyl sites for hydroxylation is 1. The van der Waals surface area contributed by atoms with Gasteiger partial charge in [-0.15, -0.1) is 0 Å².